The molecule has 180 valence electrons. The molecular formula is C22H23ClN4O5S2. The number of imide groups is 1. The van der Waals surface area contributed by atoms with Crippen molar-refractivity contribution in [3.8, 4) is 0 Å². The van der Waals surface area contributed by atoms with Crippen molar-refractivity contribution in [1.29, 1.82) is 0 Å². The zero-order valence-electron chi connectivity index (χ0n) is 18.0. The molecule has 9 nitrogen and oxygen atoms in total. The lowest BCUT2D eigenvalue weighted by atomic mass is 10.2. The average molecular weight is 523 g/mol. The van der Waals surface area contributed by atoms with Gasteiger partial charge in [-0.1, -0.05) is 35.1 Å². The maximum absolute atomic E-state index is 12.7. The molecule has 1 fully saturated rings. The summed E-state index contributed by atoms with van der Waals surface area (Å²) in [6.45, 7) is 1.73. The summed E-state index contributed by atoms with van der Waals surface area (Å²) in [6.07, 6.45) is 2.18. The Kier molecular flexibility index (Phi) is 7.79. The van der Waals surface area contributed by atoms with Crippen LogP contribution in [0.1, 0.15) is 23.2 Å². The first-order chi connectivity index (χ1) is 16.3. The van der Waals surface area contributed by atoms with E-state index in [9.17, 15) is 18.0 Å². The number of carbonyl (C=O) groups excluding carboxylic acids is 2. The van der Waals surface area contributed by atoms with Gasteiger partial charge in [0.15, 0.2) is 15.0 Å². The van der Waals surface area contributed by atoms with Gasteiger partial charge in [-0.2, -0.15) is 0 Å². The van der Waals surface area contributed by atoms with E-state index in [1.54, 1.807) is 30.3 Å². The molecule has 0 radical (unpaired) electrons. The second kappa shape index (κ2) is 10.8. The van der Waals surface area contributed by atoms with Crippen molar-refractivity contribution in [3.05, 3.63) is 53.1 Å². The average Bonchev–Trinajstić information content (AvgIpc) is 3.45. The van der Waals surface area contributed by atoms with Crippen molar-refractivity contribution < 1.29 is 22.7 Å². The number of anilines is 1. The van der Waals surface area contributed by atoms with Gasteiger partial charge in [0, 0.05) is 19.7 Å². The molecule has 4 rings (SSSR count). The highest BCUT2D eigenvalue weighted by molar-refractivity contribution is 7.91. The van der Waals surface area contributed by atoms with Gasteiger partial charge in [-0.15, -0.1) is 0 Å². The summed E-state index contributed by atoms with van der Waals surface area (Å²) in [4.78, 5) is 28.9. The zero-order chi connectivity index (χ0) is 24.1. The summed E-state index contributed by atoms with van der Waals surface area (Å²) in [5, 5.41) is 8.29. The Labute approximate surface area is 205 Å². The fourth-order valence-corrected chi connectivity index (χ4v) is 5.91. The summed E-state index contributed by atoms with van der Waals surface area (Å²) in [5.41, 5.74) is 0.705. The number of urea groups is 1. The van der Waals surface area contributed by atoms with Crippen LogP contribution in [0, 0.1) is 0 Å². The molecule has 0 aliphatic carbocycles. The van der Waals surface area contributed by atoms with E-state index in [0.717, 1.165) is 30.8 Å². The molecule has 3 aromatic rings. The summed E-state index contributed by atoms with van der Waals surface area (Å²) >= 11 is 7.09. The summed E-state index contributed by atoms with van der Waals surface area (Å²) < 4.78 is 31.6. The number of nitrogens with zero attached hydrogens (tertiary/aromatic N) is 1. The number of fused-ring (bicyclic) bond motifs is 1. The van der Waals surface area contributed by atoms with E-state index in [0.29, 0.717) is 23.3 Å². The Hall–Kier alpha value is -2.57. The number of benzene rings is 2. The molecule has 2 heterocycles. The first kappa shape index (κ1) is 24.6. The van der Waals surface area contributed by atoms with Gasteiger partial charge in [-0.3, -0.25) is 15.4 Å². The minimum Gasteiger partial charge on any atom is -0.377 e. The van der Waals surface area contributed by atoms with Gasteiger partial charge in [-0.05, 0) is 43.2 Å². The van der Waals surface area contributed by atoms with E-state index in [1.807, 2.05) is 0 Å². The summed E-state index contributed by atoms with van der Waals surface area (Å²) in [6, 6.07) is 10.2. The molecular weight excluding hydrogens is 500 g/mol. The molecule has 12 heteroatoms. The number of amides is 3. The van der Waals surface area contributed by atoms with E-state index in [1.165, 1.54) is 12.1 Å². The van der Waals surface area contributed by atoms with Gasteiger partial charge in [0.05, 0.1) is 37.6 Å². The van der Waals surface area contributed by atoms with Gasteiger partial charge in [-0.25, -0.2) is 18.2 Å². The number of aromatic nitrogens is 1. The Morgan fingerprint density at radius 1 is 1.21 bits per heavy atom. The van der Waals surface area contributed by atoms with Crippen LogP contribution in [-0.2, 0) is 14.6 Å². The predicted octanol–water partition coefficient (Wildman–Crippen LogP) is 3.45. The first-order valence-corrected chi connectivity index (χ1v) is 13.5. The molecule has 2 aromatic carbocycles. The normalized spacial score (nSPS) is 16.0. The van der Waals surface area contributed by atoms with Crippen molar-refractivity contribution in [2.75, 3.05) is 30.8 Å². The molecule has 0 spiro atoms. The Morgan fingerprint density at radius 2 is 2.03 bits per heavy atom. The topological polar surface area (TPSA) is 126 Å². The quantitative estimate of drug-likeness (QED) is 0.387. The van der Waals surface area contributed by atoms with Crippen LogP contribution >= 0.6 is 22.9 Å². The summed E-state index contributed by atoms with van der Waals surface area (Å²) in [5.74, 6) is -0.687. The van der Waals surface area contributed by atoms with Crippen LogP contribution in [0.4, 0.5) is 9.93 Å². The fourth-order valence-electron chi connectivity index (χ4n) is 3.49. The third-order valence-electron chi connectivity index (χ3n) is 5.23. The predicted molar refractivity (Wildman–Crippen MR) is 131 cm³/mol. The number of hydrogen-bond acceptors (Lipinski definition) is 8. The van der Waals surface area contributed by atoms with Gasteiger partial charge in [0.2, 0.25) is 0 Å². The third-order valence-corrected chi connectivity index (χ3v) is 8.21. The maximum Gasteiger partial charge on any atom is 0.327 e. The number of nitrogens with one attached hydrogen (secondary N) is 3. The lowest BCUT2D eigenvalue weighted by Crippen LogP contribution is -2.34. The molecule has 1 aliphatic heterocycles. The van der Waals surface area contributed by atoms with Crippen LogP contribution in [0.15, 0.2) is 47.4 Å². The zero-order valence-corrected chi connectivity index (χ0v) is 20.4. The molecule has 34 heavy (non-hydrogen) atoms. The van der Waals surface area contributed by atoms with Crippen LogP contribution in [0.25, 0.3) is 10.2 Å². The number of rotatable bonds is 8. The van der Waals surface area contributed by atoms with Crippen LogP contribution in [0.2, 0.25) is 5.02 Å². The van der Waals surface area contributed by atoms with E-state index >= 15 is 0 Å². The Bertz CT molecular complexity index is 1310. The summed E-state index contributed by atoms with van der Waals surface area (Å²) in [7, 11) is -3.49. The molecule has 1 saturated heterocycles. The van der Waals surface area contributed by atoms with Gasteiger partial charge in [0.25, 0.3) is 5.91 Å². The third kappa shape index (κ3) is 6.10. The number of sulfone groups is 1. The first-order valence-electron chi connectivity index (χ1n) is 10.6. The highest BCUT2D eigenvalue weighted by atomic mass is 35.5. The lowest BCUT2D eigenvalue weighted by molar-refractivity contribution is 0.0967. The minimum absolute atomic E-state index is 0.0400. The Morgan fingerprint density at radius 3 is 2.79 bits per heavy atom. The lowest BCUT2D eigenvalue weighted by Gasteiger charge is -2.10. The van der Waals surface area contributed by atoms with Crippen LogP contribution in [0.3, 0.4) is 0 Å². The molecule has 0 bridgehead atoms. The van der Waals surface area contributed by atoms with Crippen molar-refractivity contribution in [1.82, 2.24) is 15.6 Å². The van der Waals surface area contributed by atoms with Gasteiger partial charge in [0.1, 0.15) is 0 Å². The standard InChI is InChI=1S/C22H23ClN4O5S2/c23-17-6-2-1-5-16(17)20(28)26-21(29)27-22-25-18-8-7-15(12-19(18)33-22)34(30,31)11-9-24-13-14-4-3-10-32-14/h1-2,5-8,12,14,24H,3-4,9-11,13H2,(H2,25,26,27,28,29). The SMILES string of the molecule is O=C(NC(=O)c1ccccc1Cl)Nc1nc2ccc(S(=O)(=O)CCNCC3CCCO3)cc2s1. The van der Waals surface area contributed by atoms with Crippen molar-refractivity contribution in [3.63, 3.8) is 0 Å². The van der Waals surface area contributed by atoms with Crippen LogP contribution < -0.4 is 16.0 Å². The minimum atomic E-state index is -3.49. The highest BCUT2D eigenvalue weighted by Crippen LogP contribution is 2.28. The van der Waals surface area contributed by atoms with E-state index < -0.39 is 21.8 Å². The monoisotopic (exact) mass is 522 g/mol. The van der Waals surface area contributed by atoms with Crippen molar-refractivity contribution >= 4 is 60.1 Å². The van der Waals surface area contributed by atoms with E-state index in [-0.39, 0.29) is 32.5 Å². The molecule has 1 unspecified atom stereocenters. The van der Waals surface area contributed by atoms with Crippen molar-refractivity contribution in [2.45, 2.75) is 23.8 Å². The highest BCUT2D eigenvalue weighted by Gasteiger charge is 2.19. The number of hydrogen-bond donors (Lipinski definition) is 3. The number of halogens is 1. The van der Waals surface area contributed by atoms with Gasteiger partial charge < -0.3 is 10.1 Å². The second-order valence-corrected chi connectivity index (χ2v) is 11.2. The van der Waals surface area contributed by atoms with Crippen LogP contribution in [0.5, 0.6) is 0 Å². The molecule has 1 aliphatic rings. The molecule has 3 amide bonds. The fraction of sp³-hybridized carbons (Fsp3) is 0.318. The number of ether oxygens (including phenoxy) is 1. The van der Waals surface area contributed by atoms with Crippen molar-refractivity contribution in [2.24, 2.45) is 0 Å². The number of thiazole rings is 1. The van der Waals surface area contributed by atoms with Gasteiger partial charge >= 0.3 is 6.03 Å². The molecule has 3 N–H and O–H groups in total. The maximum atomic E-state index is 12.7. The molecule has 1 atom stereocenters. The Balaban J connectivity index is 1.36. The smallest absolute Gasteiger partial charge is 0.327 e. The second-order valence-electron chi connectivity index (χ2n) is 7.69. The molecule has 0 saturated carbocycles. The van der Waals surface area contributed by atoms with E-state index in [2.05, 4.69) is 20.9 Å². The number of carbonyl (C=O) groups is 2. The molecule has 1 aromatic heterocycles. The largest absolute Gasteiger partial charge is 0.377 e. The van der Waals surface area contributed by atoms with E-state index in [4.69, 9.17) is 16.3 Å². The van der Waals surface area contributed by atoms with Crippen LogP contribution in [-0.4, -0.2) is 56.9 Å².